The third-order valence-corrected chi connectivity index (χ3v) is 4.67. The molecule has 0 nitrogen and oxygen atoms in total. The van der Waals surface area contributed by atoms with Gasteiger partial charge in [0.05, 0.1) is 0 Å². The predicted molar refractivity (Wildman–Crippen MR) is 54.2 cm³/mol. The van der Waals surface area contributed by atoms with Gasteiger partial charge in [0.15, 0.2) is 0 Å². The van der Waals surface area contributed by atoms with E-state index in [1.165, 1.54) is 38.5 Å². The van der Waals surface area contributed by atoms with Crippen LogP contribution in [-0.4, -0.2) is 0 Å². The molecule has 0 spiro atoms. The summed E-state index contributed by atoms with van der Waals surface area (Å²) >= 11 is 0. The number of hydrogen-bond acceptors (Lipinski definition) is 0. The molecule has 2 heteroatoms. The van der Waals surface area contributed by atoms with Crippen molar-refractivity contribution < 1.29 is 0 Å². The van der Waals surface area contributed by atoms with Crippen molar-refractivity contribution in [2.24, 2.45) is 10.8 Å². The molecule has 0 heterocycles. The molecule has 0 aromatic rings. The van der Waals surface area contributed by atoms with Crippen molar-refractivity contribution in [2.75, 3.05) is 0 Å². The minimum atomic E-state index is 0.343. The van der Waals surface area contributed by atoms with Crippen molar-refractivity contribution in [3.05, 3.63) is 0 Å². The van der Waals surface area contributed by atoms with E-state index < -0.39 is 0 Å². The average Bonchev–Trinajstić information content (AvgIpc) is 2.21. The topological polar surface area (TPSA) is 0 Å². The molecule has 3 fully saturated rings. The monoisotopic (exact) mass is 194 g/mol. The Hall–Kier alpha value is 0.420. The molecule has 0 N–H and O–H groups in total. The standard InChI is InChI=1S/C10H12P2/c11-7-9-1-2-10(8-12,5-3-9)6-4-9/h1-6H2. The van der Waals surface area contributed by atoms with E-state index in [1.807, 2.05) is 0 Å². The molecular weight excluding hydrogens is 182 g/mol. The Bertz CT molecular complexity index is 225. The normalized spacial score (nSPS) is 44.8. The SMILES string of the molecule is P#CC12CCC(C#P)(CC1)CC2. The van der Waals surface area contributed by atoms with Gasteiger partial charge in [0.25, 0.3) is 0 Å². The van der Waals surface area contributed by atoms with E-state index in [4.69, 9.17) is 0 Å². The van der Waals surface area contributed by atoms with E-state index in [0.29, 0.717) is 10.8 Å². The molecule has 62 valence electrons. The quantitative estimate of drug-likeness (QED) is 0.510. The van der Waals surface area contributed by atoms with Crippen molar-refractivity contribution in [3.8, 4) is 11.3 Å². The zero-order valence-corrected chi connectivity index (χ0v) is 8.93. The Morgan fingerprint density at radius 1 is 0.667 bits per heavy atom. The summed E-state index contributed by atoms with van der Waals surface area (Å²) in [5.74, 6) is 0. The van der Waals surface area contributed by atoms with Gasteiger partial charge < -0.3 is 0 Å². The second-order valence-electron chi connectivity index (χ2n) is 4.28. The first-order valence-electron chi connectivity index (χ1n) is 4.57. The van der Waals surface area contributed by atoms with Gasteiger partial charge in [-0.2, -0.15) is 0 Å². The first kappa shape index (κ1) is 8.99. The predicted octanol–water partition coefficient (Wildman–Crippen LogP) is 4.07. The fraction of sp³-hybridized carbons (Fsp3) is 0.800. The number of hydrogen-bond donors (Lipinski definition) is 0. The van der Waals surface area contributed by atoms with Crippen LogP contribution in [0.5, 0.6) is 0 Å². The van der Waals surface area contributed by atoms with Crippen LogP contribution in [0.3, 0.4) is 0 Å². The molecule has 0 radical (unpaired) electrons. The Labute approximate surface area is 78.5 Å². The van der Waals surface area contributed by atoms with E-state index in [9.17, 15) is 0 Å². The first-order chi connectivity index (χ1) is 5.74. The molecule has 0 atom stereocenters. The molecule has 3 aliphatic carbocycles. The molecule has 0 saturated heterocycles. The summed E-state index contributed by atoms with van der Waals surface area (Å²) in [5.41, 5.74) is 7.06. The fourth-order valence-corrected chi connectivity index (χ4v) is 3.19. The summed E-state index contributed by atoms with van der Waals surface area (Å²) in [6, 6.07) is 0. The van der Waals surface area contributed by atoms with E-state index in [-0.39, 0.29) is 0 Å². The third-order valence-electron chi connectivity index (χ3n) is 3.72. The van der Waals surface area contributed by atoms with Crippen molar-refractivity contribution in [1.29, 1.82) is 0 Å². The molecule has 0 aromatic carbocycles. The zero-order valence-electron chi connectivity index (χ0n) is 7.14. The third kappa shape index (κ3) is 1.23. The van der Waals surface area contributed by atoms with Crippen LogP contribution >= 0.6 is 17.4 Å². The number of fused-ring (bicyclic) bond motifs is 3. The first-order valence-corrected chi connectivity index (χ1v) is 5.46. The molecule has 0 unspecified atom stereocenters. The van der Waals surface area contributed by atoms with Gasteiger partial charge in [-0.25, -0.2) is 0 Å². The second-order valence-corrected chi connectivity index (χ2v) is 4.73. The van der Waals surface area contributed by atoms with Crippen LogP contribution in [-0.2, 0) is 0 Å². The Kier molecular flexibility index (Phi) is 2.23. The average molecular weight is 194 g/mol. The van der Waals surface area contributed by atoms with Crippen molar-refractivity contribution in [3.63, 3.8) is 0 Å². The molecule has 3 aliphatic rings. The van der Waals surface area contributed by atoms with Gasteiger partial charge in [0.1, 0.15) is 0 Å². The Morgan fingerprint density at radius 2 is 0.917 bits per heavy atom. The summed E-state index contributed by atoms with van der Waals surface area (Å²) in [4.78, 5) is 0. The van der Waals surface area contributed by atoms with Crippen LogP contribution in [0.1, 0.15) is 38.5 Å². The van der Waals surface area contributed by atoms with Gasteiger partial charge in [0.2, 0.25) is 0 Å². The van der Waals surface area contributed by atoms with Crippen LogP contribution in [0.15, 0.2) is 0 Å². The van der Waals surface area contributed by atoms with E-state index in [1.54, 1.807) is 0 Å². The summed E-state index contributed by atoms with van der Waals surface area (Å²) < 4.78 is 0. The molecule has 0 aromatic heterocycles. The van der Waals surface area contributed by atoms with Crippen LogP contribution in [0.2, 0.25) is 0 Å². The molecular formula is C10H12P2. The molecule has 0 amide bonds. The van der Waals surface area contributed by atoms with Gasteiger partial charge in [-0.1, -0.05) is 0 Å². The fourth-order valence-electron chi connectivity index (χ4n) is 2.52. The van der Waals surface area contributed by atoms with Crippen LogP contribution < -0.4 is 0 Å². The van der Waals surface area contributed by atoms with Crippen LogP contribution in [0.4, 0.5) is 0 Å². The van der Waals surface area contributed by atoms with Gasteiger partial charge in [-0.15, -0.1) is 0 Å². The van der Waals surface area contributed by atoms with Gasteiger partial charge in [-0.3, -0.25) is 0 Å². The summed E-state index contributed by atoms with van der Waals surface area (Å²) in [5, 5.41) is 0. The Morgan fingerprint density at radius 3 is 1.08 bits per heavy atom. The van der Waals surface area contributed by atoms with Gasteiger partial charge in [0, 0.05) is 0 Å². The van der Waals surface area contributed by atoms with Gasteiger partial charge >= 0.3 is 78.0 Å². The molecule has 2 bridgehead atoms. The van der Waals surface area contributed by atoms with E-state index in [2.05, 4.69) is 28.6 Å². The van der Waals surface area contributed by atoms with Crippen molar-refractivity contribution >= 4 is 17.4 Å². The van der Waals surface area contributed by atoms with Crippen LogP contribution in [0, 0.1) is 22.1 Å². The zero-order chi connectivity index (χ0) is 8.66. The minimum absolute atomic E-state index is 0.343. The molecule has 12 heavy (non-hydrogen) atoms. The van der Waals surface area contributed by atoms with Crippen LogP contribution in [0.25, 0.3) is 0 Å². The summed E-state index contributed by atoms with van der Waals surface area (Å²) in [6.07, 6.45) is 7.44. The number of rotatable bonds is 0. The molecule has 0 aliphatic heterocycles. The second kappa shape index (κ2) is 2.97. The molecule has 3 saturated carbocycles. The van der Waals surface area contributed by atoms with Gasteiger partial charge in [-0.05, 0) is 0 Å². The maximum atomic E-state index is 4.22. The van der Waals surface area contributed by atoms with E-state index >= 15 is 0 Å². The van der Waals surface area contributed by atoms with E-state index in [0.717, 1.165) is 0 Å². The maximum absolute atomic E-state index is 4.22. The summed E-state index contributed by atoms with van der Waals surface area (Å²) in [6.45, 7) is 0. The van der Waals surface area contributed by atoms with Crippen molar-refractivity contribution in [1.82, 2.24) is 0 Å². The summed E-state index contributed by atoms with van der Waals surface area (Å²) in [7, 11) is 8.44. The Balaban J connectivity index is 2.22. The molecule has 3 rings (SSSR count). The van der Waals surface area contributed by atoms with Crippen molar-refractivity contribution in [2.45, 2.75) is 38.5 Å².